The third-order valence-electron chi connectivity index (χ3n) is 5.60. The Morgan fingerprint density at radius 3 is 2.40 bits per heavy atom. The molecule has 0 radical (unpaired) electrons. The van der Waals surface area contributed by atoms with Crippen molar-refractivity contribution in [1.82, 2.24) is 9.88 Å². The maximum atomic E-state index is 13.5. The van der Waals surface area contributed by atoms with Crippen LogP contribution in [0.1, 0.15) is 36.1 Å². The van der Waals surface area contributed by atoms with Gasteiger partial charge in [0.25, 0.3) is 0 Å². The first kappa shape index (κ1) is 22.7. The number of amides is 1. The number of fused-ring (bicyclic) bond motifs is 1. The van der Waals surface area contributed by atoms with Gasteiger partial charge in [0.05, 0.1) is 21.7 Å². The van der Waals surface area contributed by atoms with Crippen LogP contribution in [-0.4, -0.2) is 42.0 Å². The SMILES string of the molecule is CCN(CC)CCN(C(=O)Cc1cc(C)ccc1C)c1nc2c(C)ccc(Cl)c2s1. The van der Waals surface area contributed by atoms with Gasteiger partial charge in [-0.05, 0) is 56.6 Å². The molecule has 2 aromatic carbocycles. The molecule has 0 atom stereocenters. The van der Waals surface area contributed by atoms with Gasteiger partial charge in [-0.1, -0.05) is 66.6 Å². The zero-order valence-electron chi connectivity index (χ0n) is 18.5. The van der Waals surface area contributed by atoms with E-state index in [-0.39, 0.29) is 5.91 Å². The minimum absolute atomic E-state index is 0.0729. The predicted octanol–water partition coefficient (Wildman–Crippen LogP) is 5.79. The molecule has 0 spiro atoms. The van der Waals surface area contributed by atoms with Gasteiger partial charge in [-0.3, -0.25) is 9.69 Å². The van der Waals surface area contributed by atoms with Gasteiger partial charge in [0, 0.05) is 13.1 Å². The first-order valence-corrected chi connectivity index (χ1v) is 11.7. The van der Waals surface area contributed by atoms with Crippen LogP contribution in [0, 0.1) is 20.8 Å². The number of carbonyl (C=O) groups excluding carboxylic acids is 1. The van der Waals surface area contributed by atoms with Crippen LogP contribution >= 0.6 is 22.9 Å². The largest absolute Gasteiger partial charge is 0.302 e. The molecule has 0 aliphatic heterocycles. The fourth-order valence-electron chi connectivity index (χ4n) is 3.56. The highest BCUT2D eigenvalue weighted by Crippen LogP contribution is 2.35. The first-order chi connectivity index (χ1) is 14.3. The number of benzene rings is 2. The monoisotopic (exact) mass is 443 g/mol. The van der Waals surface area contributed by atoms with Gasteiger partial charge in [-0.2, -0.15) is 0 Å². The summed E-state index contributed by atoms with van der Waals surface area (Å²) in [4.78, 5) is 22.5. The van der Waals surface area contributed by atoms with Crippen LogP contribution in [0.2, 0.25) is 5.02 Å². The van der Waals surface area contributed by atoms with E-state index in [0.717, 1.165) is 51.7 Å². The molecule has 6 heteroatoms. The van der Waals surface area contributed by atoms with Gasteiger partial charge in [-0.15, -0.1) is 0 Å². The molecule has 0 saturated heterocycles. The minimum atomic E-state index is 0.0729. The minimum Gasteiger partial charge on any atom is -0.302 e. The summed E-state index contributed by atoms with van der Waals surface area (Å²) < 4.78 is 0.944. The van der Waals surface area contributed by atoms with Crippen LogP contribution in [0.25, 0.3) is 10.2 Å². The van der Waals surface area contributed by atoms with Crippen molar-refractivity contribution in [2.45, 2.75) is 41.0 Å². The van der Waals surface area contributed by atoms with Gasteiger partial charge in [-0.25, -0.2) is 4.98 Å². The first-order valence-electron chi connectivity index (χ1n) is 10.5. The van der Waals surface area contributed by atoms with E-state index >= 15 is 0 Å². The van der Waals surface area contributed by atoms with Crippen molar-refractivity contribution in [3.63, 3.8) is 0 Å². The molecule has 0 aliphatic rings. The highest BCUT2D eigenvalue weighted by Gasteiger charge is 2.22. The quantitative estimate of drug-likeness (QED) is 0.442. The van der Waals surface area contributed by atoms with Crippen molar-refractivity contribution in [3.05, 3.63) is 57.6 Å². The van der Waals surface area contributed by atoms with E-state index in [1.807, 2.05) is 24.0 Å². The molecule has 1 heterocycles. The number of likely N-dealkylation sites (N-methyl/N-ethyl adjacent to an activating group) is 1. The number of hydrogen-bond acceptors (Lipinski definition) is 4. The Labute approximate surface area is 188 Å². The summed E-state index contributed by atoms with van der Waals surface area (Å²) >= 11 is 7.93. The fraction of sp³-hybridized carbons (Fsp3) is 0.417. The van der Waals surface area contributed by atoms with Gasteiger partial charge < -0.3 is 4.90 Å². The average molecular weight is 444 g/mol. The van der Waals surface area contributed by atoms with Gasteiger partial charge in [0.1, 0.15) is 0 Å². The Hall–Kier alpha value is -1.95. The molecule has 0 bridgehead atoms. The Morgan fingerprint density at radius 2 is 1.73 bits per heavy atom. The molecular weight excluding hydrogens is 414 g/mol. The number of aromatic nitrogens is 1. The van der Waals surface area contributed by atoms with Crippen molar-refractivity contribution in [2.75, 3.05) is 31.1 Å². The summed E-state index contributed by atoms with van der Waals surface area (Å²) in [5.74, 6) is 0.0729. The van der Waals surface area contributed by atoms with Crippen molar-refractivity contribution >= 4 is 44.2 Å². The Balaban J connectivity index is 1.95. The van der Waals surface area contributed by atoms with E-state index < -0.39 is 0 Å². The second kappa shape index (κ2) is 9.90. The highest BCUT2D eigenvalue weighted by molar-refractivity contribution is 7.23. The summed E-state index contributed by atoms with van der Waals surface area (Å²) in [7, 11) is 0. The number of thiazole rings is 1. The maximum Gasteiger partial charge on any atom is 0.233 e. The molecule has 0 unspecified atom stereocenters. The van der Waals surface area contributed by atoms with Crippen LogP contribution in [0.3, 0.4) is 0 Å². The fourth-order valence-corrected chi connectivity index (χ4v) is 4.92. The van der Waals surface area contributed by atoms with E-state index in [0.29, 0.717) is 18.0 Å². The van der Waals surface area contributed by atoms with Crippen molar-refractivity contribution in [3.8, 4) is 0 Å². The van der Waals surface area contributed by atoms with Crippen LogP contribution in [-0.2, 0) is 11.2 Å². The molecule has 0 aliphatic carbocycles. The van der Waals surface area contributed by atoms with Gasteiger partial charge >= 0.3 is 0 Å². The van der Waals surface area contributed by atoms with E-state index in [1.165, 1.54) is 16.9 Å². The standard InChI is InChI=1S/C24H30ClN3OS/c1-6-27(7-2)12-13-28(21(29)15-19-14-16(3)8-9-17(19)4)24-26-22-18(5)10-11-20(25)23(22)30-24/h8-11,14H,6-7,12-13,15H2,1-5H3. The molecule has 0 saturated carbocycles. The Kier molecular flexibility index (Phi) is 7.50. The van der Waals surface area contributed by atoms with Crippen molar-refractivity contribution < 1.29 is 4.79 Å². The number of rotatable bonds is 8. The number of halogens is 1. The number of hydrogen-bond donors (Lipinski definition) is 0. The summed E-state index contributed by atoms with van der Waals surface area (Å²) in [6.07, 6.45) is 0.369. The average Bonchev–Trinajstić information content (AvgIpc) is 3.17. The molecule has 4 nitrogen and oxygen atoms in total. The van der Waals surface area contributed by atoms with E-state index in [4.69, 9.17) is 16.6 Å². The molecule has 30 heavy (non-hydrogen) atoms. The molecule has 1 aromatic heterocycles. The molecule has 3 rings (SSSR count). The van der Waals surface area contributed by atoms with Gasteiger partial charge in [0.2, 0.25) is 5.91 Å². The second-order valence-electron chi connectivity index (χ2n) is 7.72. The molecule has 3 aromatic rings. The van der Waals surface area contributed by atoms with Crippen LogP contribution in [0.15, 0.2) is 30.3 Å². The molecular formula is C24H30ClN3OS. The second-order valence-corrected chi connectivity index (χ2v) is 9.10. The van der Waals surface area contributed by atoms with Crippen LogP contribution in [0.5, 0.6) is 0 Å². The van der Waals surface area contributed by atoms with Crippen molar-refractivity contribution in [1.29, 1.82) is 0 Å². The Bertz CT molecular complexity index is 1000. The smallest absolute Gasteiger partial charge is 0.233 e. The van der Waals surface area contributed by atoms with Crippen molar-refractivity contribution in [2.24, 2.45) is 0 Å². The number of aryl methyl sites for hydroxylation is 3. The summed E-state index contributed by atoms with van der Waals surface area (Å²) in [5.41, 5.74) is 5.34. The zero-order valence-corrected chi connectivity index (χ0v) is 20.0. The van der Waals surface area contributed by atoms with E-state index in [9.17, 15) is 4.79 Å². The number of anilines is 1. The normalized spacial score (nSPS) is 11.4. The van der Waals surface area contributed by atoms with E-state index in [1.54, 1.807) is 0 Å². The lowest BCUT2D eigenvalue weighted by molar-refractivity contribution is -0.118. The lowest BCUT2D eigenvalue weighted by Gasteiger charge is -2.25. The molecule has 1 amide bonds. The van der Waals surface area contributed by atoms with Gasteiger partial charge in [0.15, 0.2) is 5.13 Å². The van der Waals surface area contributed by atoms with Crippen LogP contribution in [0.4, 0.5) is 5.13 Å². The topological polar surface area (TPSA) is 36.4 Å². The summed E-state index contributed by atoms with van der Waals surface area (Å²) in [6.45, 7) is 13.8. The molecule has 0 fully saturated rings. The van der Waals surface area contributed by atoms with E-state index in [2.05, 4.69) is 50.8 Å². The summed E-state index contributed by atoms with van der Waals surface area (Å²) in [5, 5.41) is 1.41. The lowest BCUT2D eigenvalue weighted by atomic mass is 10.0. The highest BCUT2D eigenvalue weighted by atomic mass is 35.5. The molecule has 0 N–H and O–H groups in total. The third kappa shape index (κ3) is 5.02. The number of nitrogens with zero attached hydrogens (tertiary/aromatic N) is 3. The maximum absolute atomic E-state index is 13.5. The number of carbonyl (C=O) groups is 1. The Morgan fingerprint density at radius 1 is 1.03 bits per heavy atom. The third-order valence-corrected chi connectivity index (χ3v) is 7.14. The summed E-state index contributed by atoms with van der Waals surface area (Å²) in [6, 6.07) is 10.2. The predicted molar refractivity (Wildman–Crippen MR) is 129 cm³/mol. The van der Waals surface area contributed by atoms with Crippen LogP contribution < -0.4 is 4.90 Å². The lowest BCUT2D eigenvalue weighted by Crippen LogP contribution is -2.39. The molecule has 160 valence electrons. The zero-order chi connectivity index (χ0) is 21.8.